The van der Waals surface area contributed by atoms with Gasteiger partial charge in [-0.2, -0.15) is 0 Å². The lowest BCUT2D eigenvalue weighted by molar-refractivity contribution is -0.137. The molecule has 1 fully saturated rings. The first-order valence-electron chi connectivity index (χ1n) is 5.87. The molecule has 1 heterocycles. The lowest BCUT2D eigenvalue weighted by Crippen LogP contribution is -2.42. The number of amides is 1. The van der Waals surface area contributed by atoms with Crippen molar-refractivity contribution < 1.29 is 9.90 Å². The predicted molar refractivity (Wildman–Crippen MR) is 64.9 cm³/mol. The molecule has 1 aliphatic rings. The second kappa shape index (κ2) is 6.48. The molecule has 1 amide bonds. The number of hydrogen-bond acceptors (Lipinski definition) is 2. The minimum Gasteiger partial charge on any atom is -0.393 e. The molecule has 0 spiro atoms. The van der Waals surface area contributed by atoms with Crippen molar-refractivity contribution in [1.82, 2.24) is 4.90 Å². The Balaban J connectivity index is 2.52. The molecule has 0 aromatic carbocycles. The van der Waals surface area contributed by atoms with E-state index in [9.17, 15) is 9.90 Å². The standard InChI is InChI=1S/C13H21NO2/c1-3-5-11(6-4-2)13(16)14-9-7-12(15)8-10-14/h3-4,11-12,15H,1-2,5-10H2. The highest BCUT2D eigenvalue weighted by atomic mass is 16.3. The molecule has 0 saturated carbocycles. The van der Waals surface area contributed by atoms with Gasteiger partial charge >= 0.3 is 0 Å². The van der Waals surface area contributed by atoms with Crippen LogP contribution in [-0.2, 0) is 4.79 Å². The summed E-state index contributed by atoms with van der Waals surface area (Å²) in [6.45, 7) is 8.70. The molecule has 1 N–H and O–H groups in total. The van der Waals surface area contributed by atoms with E-state index in [2.05, 4.69) is 13.2 Å². The number of allylic oxidation sites excluding steroid dienone is 2. The first-order valence-corrected chi connectivity index (χ1v) is 5.87. The number of piperidine rings is 1. The lowest BCUT2D eigenvalue weighted by Gasteiger charge is -2.32. The van der Waals surface area contributed by atoms with Crippen LogP contribution in [0.25, 0.3) is 0 Å². The molecule has 0 aromatic heterocycles. The van der Waals surface area contributed by atoms with Crippen LogP contribution >= 0.6 is 0 Å². The van der Waals surface area contributed by atoms with Gasteiger partial charge in [-0.15, -0.1) is 13.2 Å². The molecule has 0 bridgehead atoms. The van der Waals surface area contributed by atoms with Gasteiger partial charge in [0.1, 0.15) is 0 Å². The second-order valence-electron chi connectivity index (χ2n) is 4.30. The maximum Gasteiger partial charge on any atom is 0.226 e. The van der Waals surface area contributed by atoms with Crippen LogP contribution in [-0.4, -0.2) is 35.1 Å². The summed E-state index contributed by atoms with van der Waals surface area (Å²) in [7, 11) is 0. The van der Waals surface area contributed by atoms with E-state index in [1.165, 1.54) is 0 Å². The average Bonchev–Trinajstić information content (AvgIpc) is 2.29. The number of aliphatic hydroxyl groups is 1. The van der Waals surface area contributed by atoms with Crippen molar-refractivity contribution in [2.24, 2.45) is 5.92 Å². The molecule has 0 unspecified atom stereocenters. The Labute approximate surface area is 97.4 Å². The zero-order valence-electron chi connectivity index (χ0n) is 9.77. The maximum atomic E-state index is 12.1. The molecule has 1 rings (SSSR count). The Kier molecular flexibility index (Phi) is 5.26. The highest BCUT2D eigenvalue weighted by molar-refractivity contribution is 5.79. The Morgan fingerprint density at radius 2 is 1.81 bits per heavy atom. The van der Waals surface area contributed by atoms with E-state index >= 15 is 0 Å². The van der Waals surface area contributed by atoms with Crippen LogP contribution < -0.4 is 0 Å². The first-order chi connectivity index (χ1) is 7.69. The monoisotopic (exact) mass is 223 g/mol. The predicted octanol–water partition coefficient (Wildman–Crippen LogP) is 1.74. The van der Waals surface area contributed by atoms with Crippen molar-refractivity contribution in [1.29, 1.82) is 0 Å². The highest BCUT2D eigenvalue weighted by Gasteiger charge is 2.25. The van der Waals surface area contributed by atoms with Crippen LogP contribution in [0, 0.1) is 5.92 Å². The van der Waals surface area contributed by atoms with Crippen LogP contribution in [0.1, 0.15) is 25.7 Å². The Bertz CT molecular complexity index is 245. The molecule has 0 aliphatic carbocycles. The van der Waals surface area contributed by atoms with E-state index in [4.69, 9.17) is 0 Å². The van der Waals surface area contributed by atoms with Crippen molar-refractivity contribution in [2.45, 2.75) is 31.8 Å². The van der Waals surface area contributed by atoms with Gasteiger partial charge in [0.15, 0.2) is 0 Å². The molecular formula is C13H21NO2. The number of hydrogen-bond donors (Lipinski definition) is 1. The second-order valence-corrected chi connectivity index (χ2v) is 4.30. The molecule has 1 aliphatic heterocycles. The molecule has 90 valence electrons. The van der Waals surface area contributed by atoms with Crippen LogP contribution in [0.2, 0.25) is 0 Å². The van der Waals surface area contributed by atoms with E-state index in [0.29, 0.717) is 38.8 Å². The van der Waals surface area contributed by atoms with Gasteiger partial charge in [-0.3, -0.25) is 4.79 Å². The van der Waals surface area contributed by atoms with E-state index in [1.54, 1.807) is 12.2 Å². The van der Waals surface area contributed by atoms with E-state index in [1.807, 2.05) is 4.90 Å². The number of aliphatic hydroxyl groups excluding tert-OH is 1. The van der Waals surface area contributed by atoms with Gasteiger partial charge in [0, 0.05) is 19.0 Å². The van der Waals surface area contributed by atoms with Crippen LogP contribution in [0.5, 0.6) is 0 Å². The van der Waals surface area contributed by atoms with Crippen LogP contribution in [0.3, 0.4) is 0 Å². The molecule has 3 heteroatoms. The van der Waals surface area contributed by atoms with Gasteiger partial charge < -0.3 is 10.0 Å². The van der Waals surface area contributed by atoms with E-state index in [-0.39, 0.29) is 17.9 Å². The maximum absolute atomic E-state index is 12.1. The highest BCUT2D eigenvalue weighted by Crippen LogP contribution is 2.18. The van der Waals surface area contributed by atoms with Gasteiger partial charge in [-0.05, 0) is 25.7 Å². The average molecular weight is 223 g/mol. The van der Waals surface area contributed by atoms with Crippen molar-refractivity contribution >= 4 is 5.91 Å². The van der Waals surface area contributed by atoms with Gasteiger partial charge in [-0.1, -0.05) is 12.2 Å². The molecule has 1 saturated heterocycles. The van der Waals surface area contributed by atoms with E-state index in [0.717, 1.165) is 0 Å². The number of carbonyl (C=O) groups is 1. The van der Waals surface area contributed by atoms with Gasteiger partial charge in [-0.25, -0.2) is 0 Å². The number of carbonyl (C=O) groups excluding carboxylic acids is 1. The number of likely N-dealkylation sites (tertiary alicyclic amines) is 1. The summed E-state index contributed by atoms with van der Waals surface area (Å²) in [6.07, 6.45) is 6.12. The molecule has 0 aromatic rings. The first kappa shape index (κ1) is 13.0. The van der Waals surface area contributed by atoms with Crippen molar-refractivity contribution in [3.63, 3.8) is 0 Å². The smallest absolute Gasteiger partial charge is 0.226 e. The van der Waals surface area contributed by atoms with Crippen molar-refractivity contribution in [2.75, 3.05) is 13.1 Å². The van der Waals surface area contributed by atoms with E-state index < -0.39 is 0 Å². The largest absolute Gasteiger partial charge is 0.393 e. The summed E-state index contributed by atoms with van der Waals surface area (Å²) >= 11 is 0. The van der Waals surface area contributed by atoms with Crippen LogP contribution in [0.4, 0.5) is 0 Å². The summed E-state index contributed by atoms with van der Waals surface area (Å²) in [4.78, 5) is 14.0. The van der Waals surface area contributed by atoms with Crippen molar-refractivity contribution in [3.8, 4) is 0 Å². The van der Waals surface area contributed by atoms with Gasteiger partial charge in [0.2, 0.25) is 5.91 Å². The molecule has 3 nitrogen and oxygen atoms in total. The zero-order chi connectivity index (χ0) is 12.0. The molecule has 0 radical (unpaired) electrons. The van der Waals surface area contributed by atoms with Gasteiger partial charge in [0.25, 0.3) is 0 Å². The third-order valence-corrected chi connectivity index (χ3v) is 3.03. The topological polar surface area (TPSA) is 40.5 Å². The quantitative estimate of drug-likeness (QED) is 0.721. The fraction of sp³-hybridized carbons (Fsp3) is 0.615. The van der Waals surface area contributed by atoms with Crippen LogP contribution in [0.15, 0.2) is 25.3 Å². The Morgan fingerprint density at radius 1 is 1.31 bits per heavy atom. The number of rotatable bonds is 5. The third kappa shape index (κ3) is 3.49. The van der Waals surface area contributed by atoms with Crippen molar-refractivity contribution in [3.05, 3.63) is 25.3 Å². The Hall–Kier alpha value is -1.09. The Morgan fingerprint density at radius 3 is 2.25 bits per heavy atom. The number of nitrogens with zero attached hydrogens (tertiary/aromatic N) is 1. The molecule has 0 atom stereocenters. The molecule has 16 heavy (non-hydrogen) atoms. The normalized spacial score (nSPS) is 17.5. The molecular weight excluding hydrogens is 202 g/mol. The SMILES string of the molecule is C=CCC(CC=C)C(=O)N1CCC(O)CC1. The lowest BCUT2D eigenvalue weighted by atomic mass is 9.98. The van der Waals surface area contributed by atoms with Gasteiger partial charge in [0.05, 0.1) is 6.10 Å². The summed E-state index contributed by atoms with van der Waals surface area (Å²) in [5, 5.41) is 9.38. The summed E-state index contributed by atoms with van der Waals surface area (Å²) in [6, 6.07) is 0. The minimum atomic E-state index is -0.235. The fourth-order valence-corrected chi connectivity index (χ4v) is 2.04. The zero-order valence-corrected chi connectivity index (χ0v) is 9.77. The minimum absolute atomic E-state index is 0.0229. The summed E-state index contributed by atoms with van der Waals surface area (Å²) < 4.78 is 0. The summed E-state index contributed by atoms with van der Waals surface area (Å²) in [5.74, 6) is 0.150. The third-order valence-electron chi connectivity index (χ3n) is 3.03. The fourth-order valence-electron chi connectivity index (χ4n) is 2.04. The summed E-state index contributed by atoms with van der Waals surface area (Å²) in [5.41, 5.74) is 0.